The first-order chi connectivity index (χ1) is 10.5. The summed E-state index contributed by atoms with van der Waals surface area (Å²) in [6.07, 6.45) is 5.68. The molecule has 1 aromatic rings. The van der Waals surface area contributed by atoms with E-state index in [2.05, 4.69) is 90.2 Å². The van der Waals surface area contributed by atoms with Crippen molar-refractivity contribution in [1.29, 1.82) is 0 Å². The second-order valence-electron chi connectivity index (χ2n) is 8.74. The van der Waals surface area contributed by atoms with Crippen molar-refractivity contribution in [3.8, 4) is 0 Å². The number of benzene rings is 1. The standard InChI is InChI=1S/C21H32OSi/c1-17-13-14-21(5,16-22-23(6,7)20(2,3)4)15-19(17)18-11-9-8-10-12-18/h8-14H,15-16H2,1-7H3. The second-order valence-corrected chi connectivity index (χ2v) is 13.6. The van der Waals surface area contributed by atoms with E-state index in [0.29, 0.717) is 0 Å². The Bertz CT molecular complexity index is 604. The fourth-order valence-electron chi connectivity index (χ4n) is 2.66. The first-order valence-corrected chi connectivity index (χ1v) is 11.5. The predicted molar refractivity (Wildman–Crippen MR) is 104 cm³/mol. The van der Waals surface area contributed by atoms with Gasteiger partial charge in [0.15, 0.2) is 8.32 Å². The van der Waals surface area contributed by atoms with Gasteiger partial charge in [-0.2, -0.15) is 0 Å². The van der Waals surface area contributed by atoms with Crippen molar-refractivity contribution in [2.45, 2.75) is 59.2 Å². The molecule has 1 unspecified atom stereocenters. The lowest BCUT2D eigenvalue weighted by Crippen LogP contribution is -2.43. The monoisotopic (exact) mass is 328 g/mol. The molecule has 1 aliphatic rings. The average Bonchev–Trinajstić information content (AvgIpc) is 2.48. The van der Waals surface area contributed by atoms with Crippen LogP contribution in [-0.2, 0) is 4.43 Å². The van der Waals surface area contributed by atoms with Crippen LogP contribution in [0.5, 0.6) is 0 Å². The van der Waals surface area contributed by atoms with Crippen LogP contribution in [0.3, 0.4) is 0 Å². The smallest absolute Gasteiger partial charge is 0.192 e. The van der Waals surface area contributed by atoms with Gasteiger partial charge in [-0.15, -0.1) is 0 Å². The molecule has 0 amide bonds. The summed E-state index contributed by atoms with van der Waals surface area (Å²) in [5.74, 6) is 0. The molecule has 2 rings (SSSR count). The number of allylic oxidation sites excluding steroid dienone is 3. The Morgan fingerprint density at radius 2 is 1.74 bits per heavy atom. The van der Waals surface area contributed by atoms with Gasteiger partial charge in [0.25, 0.3) is 0 Å². The zero-order valence-electron chi connectivity index (χ0n) is 15.9. The lowest BCUT2D eigenvalue weighted by Gasteiger charge is -2.40. The van der Waals surface area contributed by atoms with E-state index in [-0.39, 0.29) is 10.5 Å². The summed E-state index contributed by atoms with van der Waals surface area (Å²) in [4.78, 5) is 0. The Hall–Kier alpha value is -1.12. The highest BCUT2D eigenvalue weighted by molar-refractivity contribution is 6.74. The van der Waals surface area contributed by atoms with Crippen molar-refractivity contribution >= 4 is 13.9 Å². The number of hydrogen-bond donors (Lipinski definition) is 0. The third kappa shape index (κ3) is 4.24. The van der Waals surface area contributed by atoms with Gasteiger partial charge in [0.05, 0.1) is 0 Å². The van der Waals surface area contributed by atoms with Crippen LogP contribution in [0.4, 0.5) is 0 Å². The van der Waals surface area contributed by atoms with Gasteiger partial charge in [-0.3, -0.25) is 0 Å². The zero-order chi connectivity index (χ0) is 17.3. The van der Waals surface area contributed by atoms with Crippen LogP contribution >= 0.6 is 0 Å². The van der Waals surface area contributed by atoms with Crippen LogP contribution in [0.15, 0.2) is 48.1 Å². The molecule has 1 aromatic carbocycles. The quantitative estimate of drug-likeness (QED) is 0.577. The van der Waals surface area contributed by atoms with E-state index in [1.807, 2.05) is 0 Å². The maximum atomic E-state index is 6.52. The van der Waals surface area contributed by atoms with Crippen LogP contribution < -0.4 is 0 Å². The van der Waals surface area contributed by atoms with Gasteiger partial charge >= 0.3 is 0 Å². The summed E-state index contributed by atoms with van der Waals surface area (Å²) < 4.78 is 6.52. The summed E-state index contributed by atoms with van der Waals surface area (Å²) in [6.45, 7) is 16.9. The first kappa shape index (κ1) is 18.2. The van der Waals surface area contributed by atoms with Crippen molar-refractivity contribution in [3.05, 3.63) is 53.6 Å². The van der Waals surface area contributed by atoms with E-state index < -0.39 is 8.32 Å². The summed E-state index contributed by atoms with van der Waals surface area (Å²) in [7, 11) is -1.70. The number of hydrogen-bond acceptors (Lipinski definition) is 1. The molecule has 0 heterocycles. The summed E-state index contributed by atoms with van der Waals surface area (Å²) in [5, 5.41) is 0.260. The summed E-state index contributed by atoms with van der Waals surface area (Å²) in [6, 6.07) is 10.8. The van der Waals surface area contributed by atoms with E-state index in [9.17, 15) is 0 Å². The third-order valence-corrected chi connectivity index (χ3v) is 9.96. The average molecular weight is 329 g/mol. The molecule has 1 atom stereocenters. The molecular weight excluding hydrogens is 296 g/mol. The largest absolute Gasteiger partial charge is 0.416 e. The molecule has 0 aliphatic heterocycles. The van der Waals surface area contributed by atoms with Gasteiger partial charge in [0.1, 0.15) is 0 Å². The van der Waals surface area contributed by atoms with E-state index in [1.165, 1.54) is 16.7 Å². The van der Waals surface area contributed by atoms with Crippen LogP contribution in [0, 0.1) is 5.41 Å². The molecule has 0 fully saturated rings. The lowest BCUT2D eigenvalue weighted by atomic mass is 9.76. The Balaban J connectivity index is 2.15. The second kappa shape index (κ2) is 6.41. The van der Waals surface area contributed by atoms with Gasteiger partial charge in [0, 0.05) is 12.0 Å². The molecule has 126 valence electrons. The minimum Gasteiger partial charge on any atom is -0.416 e. The van der Waals surface area contributed by atoms with Crippen molar-refractivity contribution in [3.63, 3.8) is 0 Å². The van der Waals surface area contributed by atoms with Crippen LogP contribution in [0.25, 0.3) is 5.57 Å². The van der Waals surface area contributed by atoms with E-state index >= 15 is 0 Å². The molecule has 1 aliphatic carbocycles. The van der Waals surface area contributed by atoms with E-state index in [0.717, 1.165) is 13.0 Å². The van der Waals surface area contributed by atoms with Gasteiger partial charge in [0.2, 0.25) is 0 Å². The lowest BCUT2D eigenvalue weighted by molar-refractivity contribution is 0.191. The summed E-state index contributed by atoms with van der Waals surface area (Å²) in [5.41, 5.74) is 4.25. The maximum Gasteiger partial charge on any atom is 0.192 e. The van der Waals surface area contributed by atoms with Gasteiger partial charge in [-0.1, -0.05) is 70.2 Å². The van der Waals surface area contributed by atoms with Crippen molar-refractivity contribution in [2.75, 3.05) is 6.61 Å². The Morgan fingerprint density at radius 1 is 1.13 bits per heavy atom. The van der Waals surface area contributed by atoms with Crippen molar-refractivity contribution in [2.24, 2.45) is 5.41 Å². The molecule has 0 aromatic heterocycles. The predicted octanol–water partition coefficient (Wildman–Crippen LogP) is 6.45. The molecule has 23 heavy (non-hydrogen) atoms. The fourth-order valence-corrected chi connectivity index (χ4v) is 3.78. The highest BCUT2D eigenvalue weighted by Gasteiger charge is 2.39. The molecule has 0 radical (unpaired) electrons. The Kier molecular flexibility index (Phi) is 5.08. The molecule has 0 saturated carbocycles. The normalized spacial score (nSPS) is 22.6. The fraction of sp³-hybridized carbons (Fsp3) is 0.524. The molecular formula is C21H32OSi. The Labute approximate surface area is 143 Å². The Morgan fingerprint density at radius 3 is 2.30 bits per heavy atom. The molecule has 2 heteroatoms. The topological polar surface area (TPSA) is 9.23 Å². The molecule has 0 N–H and O–H groups in total. The zero-order valence-corrected chi connectivity index (χ0v) is 16.9. The number of rotatable bonds is 4. The van der Waals surface area contributed by atoms with Crippen molar-refractivity contribution < 1.29 is 4.43 Å². The van der Waals surface area contributed by atoms with Crippen molar-refractivity contribution in [1.82, 2.24) is 0 Å². The minimum atomic E-state index is -1.70. The highest BCUT2D eigenvalue weighted by atomic mass is 28.4. The minimum absolute atomic E-state index is 0.0835. The third-order valence-electron chi connectivity index (χ3n) is 5.48. The van der Waals surface area contributed by atoms with E-state index in [4.69, 9.17) is 4.43 Å². The summed E-state index contributed by atoms with van der Waals surface area (Å²) >= 11 is 0. The van der Waals surface area contributed by atoms with Crippen LogP contribution in [0.1, 0.15) is 46.6 Å². The van der Waals surface area contributed by atoms with Gasteiger partial charge in [-0.05, 0) is 48.2 Å². The van der Waals surface area contributed by atoms with E-state index in [1.54, 1.807) is 0 Å². The maximum absolute atomic E-state index is 6.52. The van der Waals surface area contributed by atoms with Crippen LogP contribution in [0.2, 0.25) is 18.1 Å². The molecule has 0 saturated heterocycles. The van der Waals surface area contributed by atoms with Crippen LogP contribution in [-0.4, -0.2) is 14.9 Å². The molecule has 0 bridgehead atoms. The molecule has 0 spiro atoms. The molecule has 1 nitrogen and oxygen atoms in total. The van der Waals surface area contributed by atoms with Gasteiger partial charge < -0.3 is 4.43 Å². The van der Waals surface area contributed by atoms with Gasteiger partial charge in [-0.25, -0.2) is 0 Å². The SMILES string of the molecule is CC1=C(c2ccccc2)CC(C)(CO[Si](C)(C)C(C)(C)C)C=C1. The highest BCUT2D eigenvalue weighted by Crippen LogP contribution is 2.42. The first-order valence-electron chi connectivity index (χ1n) is 8.62.